The van der Waals surface area contributed by atoms with Crippen LogP contribution < -0.4 is 9.64 Å². The van der Waals surface area contributed by atoms with Crippen molar-refractivity contribution in [3.63, 3.8) is 0 Å². The molecule has 0 aliphatic carbocycles. The Bertz CT molecular complexity index is 1350. The molecule has 0 N–H and O–H groups in total. The predicted molar refractivity (Wildman–Crippen MR) is 147 cm³/mol. The first-order chi connectivity index (χ1) is 18.4. The highest BCUT2D eigenvalue weighted by Crippen LogP contribution is 2.34. The molecule has 5 rings (SSSR count). The van der Waals surface area contributed by atoms with Crippen LogP contribution in [0.2, 0.25) is 0 Å². The maximum Gasteiger partial charge on any atom is 0.255 e. The van der Waals surface area contributed by atoms with Gasteiger partial charge < -0.3 is 14.5 Å². The van der Waals surface area contributed by atoms with E-state index in [-0.39, 0.29) is 17.5 Å². The maximum absolute atomic E-state index is 13.2. The van der Waals surface area contributed by atoms with Gasteiger partial charge in [0.2, 0.25) is 0 Å². The average Bonchev–Trinajstić information content (AvgIpc) is 3.49. The van der Waals surface area contributed by atoms with E-state index in [1.54, 1.807) is 11.0 Å². The summed E-state index contributed by atoms with van der Waals surface area (Å²) < 4.78 is 6.18. The number of ether oxygens (including phenoxy) is 1. The Balaban J connectivity index is 1.23. The molecule has 2 heterocycles. The minimum Gasteiger partial charge on any atom is -0.489 e. The van der Waals surface area contributed by atoms with Gasteiger partial charge in [0.05, 0.1) is 12.6 Å². The van der Waals surface area contributed by atoms with Crippen LogP contribution in [0.4, 0.5) is 5.69 Å². The molecule has 6 heteroatoms. The Morgan fingerprint density at radius 1 is 0.974 bits per heavy atom. The lowest BCUT2D eigenvalue weighted by Gasteiger charge is -2.25. The van der Waals surface area contributed by atoms with Gasteiger partial charge in [-0.2, -0.15) is 0 Å². The van der Waals surface area contributed by atoms with Gasteiger partial charge in [-0.05, 0) is 54.7 Å². The fraction of sp³-hybridized carbons (Fsp3) is 0.344. The molecule has 1 atom stereocenters. The van der Waals surface area contributed by atoms with Crippen molar-refractivity contribution in [1.29, 1.82) is 0 Å². The summed E-state index contributed by atoms with van der Waals surface area (Å²) in [5.74, 6) is 0.473. The number of anilines is 1. The molecule has 0 radical (unpaired) electrons. The van der Waals surface area contributed by atoms with Gasteiger partial charge in [0.1, 0.15) is 18.1 Å². The van der Waals surface area contributed by atoms with E-state index in [2.05, 4.69) is 53.4 Å². The summed E-state index contributed by atoms with van der Waals surface area (Å²) in [6, 6.07) is 21.9. The normalized spacial score (nSPS) is 14.8. The second-order valence-corrected chi connectivity index (χ2v) is 10.2. The fourth-order valence-electron chi connectivity index (χ4n) is 5.46. The lowest BCUT2D eigenvalue weighted by atomic mass is 10.0. The van der Waals surface area contributed by atoms with Gasteiger partial charge in [0.15, 0.2) is 5.78 Å². The molecule has 0 aromatic heterocycles. The Kier molecular flexibility index (Phi) is 7.59. The topological polar surface area (TPSA) is 66.9 Å². The van der Waals surface area contributed by atoms with Gasteiger partial charge in [-0.25, -0.2) is 0 Å². The third-order valence-corrected chi connectivity index (χ3v) is 7.66. The summed E-state index contributed by atoms with van der Waals surface area (Å²) in [5, 5.41) is 0. The zero-order valence-corrected chi connectivity index (χ0v) is 22.1. The molecular weight excluding hydrogens is 476 g/mol. The predicted octanol–water partition coefficient (Wildman–Crippen LogP) is 5.50. The first-order valence-corrected chi connectivity index (χ1v) is 13.4. The highest BCUT2D eigenvalue weighted by Gasteiger charge is 2.36. The molecule has 3 aromatic rings. The molecular formula is C32H34N2O4. The van der Waals surface area contributed by atoms with E-state index >= 15 is 0 Å². The van der Waals surface area contributed by atoms with Crippen molar-refractivity contribution < 1.29 is 19.1 Å². The number of hydrogen-bond donors (Lipinski definition) is 0. The Morgan fingerprint density at radius 3 is 2.50 bits per heavy atom. The fourth-order valence-corrected chi connectivity index (χ4v) is 5.46. The number of Topliss-reactive ketones (excluding diaryl/α,β-unsaturated/α-hetero) is 2. The van der Waals surface area contributed by atoms with Gasteiger partial charge in [-0.1, -0.05) is 55.5 Å². The van der Waals surface area contributed by atoms with Crippen LogP contribution in [0.25, 0.3) is 0 Å². The lowest BCUT2D eigenvalue weighted by Crippen LogP contribution is -2.40. The third-order valence-electron chi connectivity index (χ3n) is 7.66. The summed E-state index contributed by atoms with van der Waals surface area (Å²) in [7, 11) is 0. The molecule has 38 heavy (non-hydrogen) atoms. The minimum atomic E-state index is -0.603. The van der Waals surface area contributed by atoms with Crippen molar-refractivity contribution in [3.8, 4) is 5.75 Å². The van der Waals surface area contributed by atoms with Crippen LogP contribution in [0.15, 0.2) is 66.7 Å². The molecule has 1 unspecified atom stereocenters. The number of para-hydroxylation sites is 1. The second kappa shape index (κ2) is 11.2. The van der Waals surface area contributed by atoms with E-state index in [0.717, 1.165) is 30.6 Å². The first-order valence-electron chi connectivity index (χ1n) is 13.4. The van der Waals surface area contributed by atoms with Crippen LogP contribution in [-0.2, 0) is 35.7 Å². The van der Waals surface area contributed by atoms with Crippen LogP contribution in [0, 0.1) is 0 Å². The summed E-state index contributed by atoms with van der Waals surface area (Å²) in [6.45, 7) is 5.92. The number of rotatable bonds is 11. The van der Waals surface area contributed by atoms with Gasteiger partial charge in [0.25, 0.3) is 5.91 Å². The molecule has 0 fully saturated rings. The number of benzene rings is 3. The zero-order valence-electron chi connectivity index (χ0n) is 22.1. The molecule has 0 bridgehead atoms. The van der Waals surface area contributed by atoms with Crippen LogP contribution >= 0.6 is 0 Å². The van der Waals surface area contributed by atoms with E-state index in [1.165, 1.54) is 23.7 Å². The van der Waals surface area contributed by atoms with E-state index < -0.39 is 6.04 Å². The molecule has 0 saturated heterocycles. The van der Waals surface area contributed by atoms with Crippen LogP contribution in [0.3, 0.4) is 0 Å². The first kappa shape index (κ1) is 25.7. The number of carbonyl (C=O) groups is 3. The Hall–Kier alpha value is -3.93. The highest BCUT2D eigenvalue weighted by molar-refractivity contribution is 6.01. The van der Waals surface area contributed by atoms with Crippen molar-refractivity contribution >= 4 is 23.2 Å². The number of fused-ring (bicyclic) bond motifs is 2. The average molecular weight is 511 g/mol. The number of amides is 1. The monoisotopic (exact) mass is 510 g/mol. The number of hydrogen-bond acceptors (Lipinski definition) is 5. The summed E-state index contributed by atoms with van der Waals surface area (Å²) in [4.78, 5) is 41.4. The number of nitrogens with zero attached hydrogens (tertiary/aromatic N) is 2. The zero-order chi connectivity index (χ0) is 26.6. The second-order valence-electron chi connectivity index (χ2n) is 10.2. The molecule has 1 amide bonds. The van der Waals surface area contributed by atoms with Crippen molar-refractivity contribution in [2.45, 2.75) is 65.3 Å². The lowest BCUT2D eigenvalue weighted by molar-refractivity contribution is -0.122. The summed E-state index contributed by atoms with van der Waals surface area (Å²) >= 11 is 0. The van der Waals surface area contributed by atoms with E-state index in [4.69, 9.17) is 4.74 Å². The maximum atomic E-state index is 13.2. The number of ketones is 2. The third kappa shape index (κ3) is 5.35. The van der Waals surface area contributed by atoms with Gasteiger partial charge >= 0.3 is 0 Å². The SMILES string of the molecule is CCC(=O)CCC(C(C)=O)N1Cc2c(OCc3ccc(CN4CCc5ccccc54)cc3)cccc2C1=O. The van der Waals surface area contributed by atoms with Gasteiger partial charge in [-0.15, -0.1) is 0 Å². The van der Waals surface area contributed by atoms with E-state index in [0.29, 0.717) is 43.7 Å². The van der Waals surface area contributed by atoms with Crippen molar-refractivity contribution in [2.75, 3.05) is 11.4 Å². The quantitative estimate of drug-likeness (QED) is 0.341. The molecule has 6 nitrogen and oxygen atoms in total. The minimum absolute atomic E-state index is 0.0979. The molecule has 3 aromatic carbocycles. The standard InChI is InChI=1S/C32H34N2O4/c1-3-26(36)15-16-29(22(2)35)34-20-28-27(32(34)37)8-6-10-31(28)38-21-24-13-11-23(12-14-24)19-33-18-17-25-7-4-5-9-30(25)33/h4-14,29H,3,15-21H2,1-2H3. The largest absolute Gasteiger partial charge is 0.489 e. The van der Waals surface area contributed by atoms with E-state index in [1.807, 2.05) is 19.1 Å². The molecule has 2 aliphatic rings. The van der Waals surface area contributed by atoms with Crippen molar-refractivity contribution in [2.24, 2.45) is 0 Å². The van der Waals surface area contributed by atoms with Gasteiger partial charge in [0, 0.05) is 42.7 Å². The van der Waals surface area contributed by atoms with Crippen LogP contribution in [0.5, 0.6) is 5.75 Å². The molecule has 196 valence electrons. The van der Waals surface area contributed by atoms with Crippen LogP contribution in [0.1, 0.15) is 65.7 Å². The van der Waals surface area contributed by atoms with Crippen LogP contribution in [-0.4, -0.2) is 35.0 Å². The molecule has 0 spiro atoms. The summed E-state index contributed by atoms with van der Waals surface area (Å²) in [5.41, 5.74) is 6.41. The van der Waals surface area contributed by atoms with E-state index in [9.17, 15) is 14.4 Å². The smallest absolute Gasteiger partial charge is 0.255 e. The van der Waals surface area contributed by atoms with Crippen molar-refractivity contribution in [1.82, 2.24) is 4.90 Å². The highest BCUT2D eigenvalue weighted by atomic mass is 16.5. The van der Waals surface area contributed by atoms with Crippen molar-refractivity contribution in [3.05, 3.63) is 94.5 Å². The summed E-state index contributed by atoms with van der Waals surface area (Å²) in [6.07, 6.45) is 2.18. The molecule has 0 saturated carbocycles. The Labute approximate surface area is 224 Å². The van der Waals surface area contributed by atoms with Gasteiger partial charge in [-0.3, -0.25) is 14.4 Å². The number of carbonyl (C=O) groups excluding carboxylic acids is 3. The molecule has 2 aliphatic heterocycles. The Morgan fingerprint density at radius 2 is 1.74 bits per heavy atom.